The predicted molar refractivity (Wildman–Crippen MR) is 97.7 cm³/mol. The van der Waals surface area contributed by atoms with Crippen LogP contribution in [0.4, 0.5) is 0 Å². The molecule has 1 aromatic rings. The molecule has 0 spiro atoms. The monoisotopic (exact) mass is 333 g/mol. The molecule has 1 aromatic carbocycles. The van der Waals surface area contributed by atoms with Gasteiger partial charge >= 0.3 is 0 Å². The van der Waals surface area contributed by atoms with Crippen molar-refractivity contribution in [1.82, 2.24) is 15.5 Å². The Labute approximate surface area is 144 Å². The van der Waals surface area contributed by atoms with Gasteiger partial charge in [0.25, 0.3) is 0 Å². The van der Waals surface area contributed by atoms with Crippen molar-refractivity contribution >= 4 is 17.3 Å². The van der Waals surface area contributed by atoms with Gasteiger partial charge in [-0.25, -0.2) is 0 Å². The van der Waals surface area contributed by atoms with E-state index in [1.807, 2.05) is 0 Å². The van der Waals surface area contributed by atoms with Gasteiger partial charge in [-0.3, -0.25) is 4.90 Å². The number of thiocarbonyl (C=S) groups is 1. The van der Waals surface area contributed by atoms with Crippen LogP contribution in [0, 0.1) is 0 Å². The fourth-order valence-electron chi connectivity index (χ4n) is 3.44. The first-order valence-electron chi connectivity index (χ1n) is 8.75. The molecule has 0 aromatic heterocycles. The van der Waals surface area contributed by atoms with Crippen LogP contribution in [0.25, 0.3) is 0 Å². The van der Waals surface area contributed by atoms with Crippen molar-refractivity contribution in [2.75, 3.05) is 39.4 Å². The molecule has 2 N–H and O–H groups in total. The highest BCUT2D eigenvalue weighted by atomic mass is 32.1. The van der Waals surface area contributed by atoms with E-state index in [1.54, 1.807) is 0 Å². The van der Waals surface area contributed by atoms with Crippen LogP contribution in [0.2, 0.25) is 0 Å². The first-order chi connectivity index (χ1) is 11.3. The van der Waals surface area contributed by atoms with E-state index in [2.05, 4.69) is 39.8 Å². The number of nitrogens with one attached hydrogen (secondary N) is 2. The van der Waals surface area contributed by atoms with Crippen LogP contribution in [-0.2, 0) is 11.2 Å². The number of aryl methyl sites for hydroxylation is 1. The molecular weight excluding hydrogens is 306 g/mol. The predicted octanol–water partition coefficient (Wildman–Crippen LogP) is 2.25. The van der Waals surface area contributed by atoms with E-state index in [4.69, 9.17) is 17.0 Å². The molecule has 1 aliphatic carbocycles. The molecule has 1 heterocycles. The van der Waals surface area contributed by atoms with Crippen LogP contribution in [0.15, 0.2) is 24.3 Å². The third kappa shape index (κ3) is 4.90. The van der Waals surface area contributed by atoms with Crippen molar-refractivity contribution in [1.29, 1.82) is 0 Å². The average molecular weight is 334 g/mol. The molecule has 0 radical (unpaired) electrons. The first-order valence-corrected chi connectivity index (χ1v) is 9.16. The largest absolute Gasteiger partial charge is 0.379 e. The molecule has 126 valence electrons. The average Bonchev–Trinajstić information content (AvgIpc) is 2.60. The number of hydrogen-bond donors (Lipinski definition) is 2. The molecule has 2 aliphatic rings. The molecule has 0 saturated carbocycles. The molecule has 23 heavy (non-hydrogen) atoms. The zero-order chi connectivity index (χ0) is 15.9. The van der Waals surface area contributed by atoms with Crippen LogP contribution in [0.5, 0.6) is 0 Å². The highest BCUT2D eigenvalue weighted by Crippen LogP contribution is 2.29. The molecule has 1 atom stereocenters. The summed E-state index contributed by atoms with van der Waals surface area (Å²) in [5.41, 5.74) is 2.88. The van der Waals surface area contributed by atoms with Crippen LogP contribution < -0.4 is 10.6 Å². The fourth-order valence-corrected chi connectivity index (χ4v) is 3.69. The van der Waals surface area contributed by atoms with Gasteiger partial charge in [-0.15, -0.1) is 0 Å². The van der Waals surface area contributed by atoms with Gasteiger partial charge < -0.3 is 15.4 Å². The quantitative estimate of drug-likeness (QED) is 0.638. The lowest BCUT2D eigenvalue weighted by molar-refractivity contribution is 0.0376. The second-order valence-corrected chi connectivity index (χ2v) is 6.76. The summed E-state index contributed by atoms with van der Waals surface area (Å²) in [6, 6.07) is 9.08. The highest BCUT2D eigenvalue weighted by Gasteiger charge is 2.20. The highest BCUT2D eigenvalue weighted by molar-refractivity contribution is 7.80. The lowest BCUT2D eigenvalue weighted by Crippen LogP contribution is -2.41. The van der Waals surface area contributed by atoms with Crippen LogP contribution >= 0.6 is 12.2 Å². The van der Waals surface area contributed by atoms with Crippen LogP contribution in [0.1, 0.15) is 36.4 Å². The zero-order valence-corrected chi connectivity index (χ0v) is 14.5. The van der Waals surface area contributed by atoms with E-state index in [1.165, 1.54) is 24.0 Å². The molecule has 4 nitrogen and oxygen atoms in total. The van der Waals surface area contributed by atoms with Gasteiger partial charge in [0.15, 0.2) is 5.11 Å². The van der Waals surface area contributed by atoms with E-state index in [0.717, 1.165) is 57.3 Å². The SMILES string of the molecule is S=C(NCCCN1CCOCC1)N[C@H]1CCCc2ccccc21. The van der Waals surface area contributed by atoms with Crippen molar-refractivity contribution < 1.29 is 4.74 Å². The number of benzene rings is 1. The van der Waals surface area contributed by atoms with Gasteiger partial charge in [0.2, 0.25) is 0 Å². The van der Waals surface area contributed by atoms with Crippen molar-refractivity contribution in [3.8, 4) is 0 Å². The van der Waals surface area contributed by atoms with Crippen molar-refractivity contribution in [3.05, 3.63) is 35.4 Å². The normalized spacial score (nSPS) is 21.5. The van der Waals surface area contributed by atoms with E-state index >= 15 is 0 Å². The number of morpholine rings is 1. The molecule has 0 amide bonds. The minimum absolute atomic E-state index is 0.360. The smallest absolute Gasteiger partial charge is 0.166 e. The van der Waals surface area contributed by atoms with Gasteiger partial charge in [-0.2, -0.15) is 0 Å². The number of nitrogens with zero attached hydrogens (tertiary/aromatic N) is 1. The molecule has 0 bridgehead atoms. The number of ether oxygens (including phenoxy) is 1. The molecule has 1 aliphatic heterocycles. The van der Waals surface area contributed by atoms with Gasteiger partial charge in [0, 0.05) is 19.6 Å². The lowest BCUT2D eigenvalue weighted by Gasteiger charge is -2.28. The Morgan fingerprint density at radius 1 is 1.26 bits per heavy atom. The maximum Gasteiger partial charge on any atom is 0.166 e. The van der Waals surface area contributed by atoms with Crippen molar-refractivity contribution in [3.63, 3.8) is 0 Å². The Hall–Kier alpha value is -1.17. The summed E-state index contributed by atoms with van der Waals surface area (Å²) in [5.74, 6) is 0. The first kappa shape index (κ1) is 16.7. The standard InChI is InChI=1S/C18H27N3OS/c23-18(19-9-4-10-21-11-13-22-14-12-21)20-17-8-3-6-15-5-1-2-7-16(15)17/h1-2,5,7,17H,3-4,6,8-14H2,(H2,19,20,23)/t17-/m0/s1. The third-order valence-electron chi connectivity index (χ3n) is 4.72. The summed E-state index contributed by atoms with van der Waals surface area (Å²) in [5, 5.41) is 7.65. The third-order valence-corrected chi connectivity index (χ3v) is 4.98. The Morgan fingerprint density at radius 2 is 2.09 bits per heavy atom. The van der Waals surface area contributed by atoms with Gasteiger partial charge in [0.1, 0.15) is 0 Å². The summed E-state index contributed by atoms with van der Waals surface area (Å²) in [4.78, 5) is 2.46. The number of fused-ring (bicyclic) bond motifs is 1. The summed E-state index contributed by atoms with van der Waals surface area (Å²) in [7, 11) is 0. The lowest BCUT2D eigenvalue weighted by atomic mass is 9.88. The van der Waals surface area contributed by atoms with E-state index < -0.39 is 0 Å². The summed E-state index contributed by atoms with van der Waals surface area (Å²) < 4.78 is 5.37. The minimum Gasteiger partial charge on any atom is -0.379 e. The van der Waals surface area contributed by atoms with Crippen LogP contribution in [-0.4, -0.2) is 49.4 Å². The molecule has 3 rings (SSSR count). The fraction of sp³-hybridized carbons (Fsp3) is 0.611. The summed E-state index contributed by atoms with van der Waals surface area (Å²) in [6.07, 6.45) is 4.69. The molecule has 5 heteroatoms. The zero-order valence-electron chi connectivity index (χ0n) is 13.7. The second-order valence-electron chi connectivity index (χ2n) is 6.35. The molecule has 0 unspecified atom stereocenters. The number of rotatable bonds is 5. The second kappa shape index (κ2) is 8.62. The van der Waals surface area contributed by atoms with Crippen LogP contribution in [0.3, 0.4) is 0 Å². The Kier molecular flexibility index (Phi) is 6.25. The summed E-state index contributed by atoms with van der Waals surface area (Å²) >= 11 is 5.48. The maximum atomic E-state index is 5.48. The molecule has 1 fully saturated rings. The molecule has 1 saturated heterocycles. The topological polar surface area (TPSA) is 36.5 Å². The van der Waals surface area contributed by atoms with Gasteiger partial charge in [0.05, 0.1) is 19.3 Å². The Bertz CT molecular complexity index is 517. The van der Waals surface area contributed by atoms with Gasteiger partial charge in [-0.05, 0) is 55.6 Å². The Balaban J connectivity index is 1.38. The molecular formula is C18H27N3OS. The maximum absolute atomic E-state index is 5.48. The van der Waals surface area contributed by atoms with Crippen molar-refractivity contribution in [2.24, 2.45) is 0 Å². The Morgan fingerprint density at radius 3 is 2.96 bits per heavy atom. The van der Waals surface area contributed by atoms with E-state index in [9.17, 15) is 0 Å². The number of hydrogen-bond acceptors (Lipinski definition) is 3. The van der Waals surface area contributed by atoms with Crippen molar-refractivity contribution in [2.45, 2.75) is 31.7 Å². The van der Waals surface area contributed by atoms with E-state index in [0.29, 0.717) is 6.04 Å². The summed E-state index contributed by atoms with van der Waals surface area (Å²) in [6.45, 7) is 5.90. The minimum atomic E-state index is 0.360. The van der Waals surface area contributed by atoms with E-state index in [-0.39, 0.29) is 0 Å². The van der Waals surface area contributed by atoms with Gasteiger partial charge in [-0.1, -0.05) is 24.3 Å².